The third kappa shape index (κ3) is 5.53. The third-order valence-electron chi connectivity index (χ3n) is 2.80. The predicted octanol–water partition coefficient (Wildman–Crippen LogP) is 2.42. The van der Waals surface area contributed by atoms with Crippen LogP contribution in [0.25, 0.3) is 0 Å². The number of benzene rings is 1. The van der Waals surface area contributed by atoms with Crippen LogP contribution in [-0.4, -0.2) is 30.4 Å². The smallest absolute Gasteiger partial charge is 0.320 e. The first kappa shape index (κ1) is 16.4. The van der Waals surface area contributed by atoms with Crippen molar-refractivity contribution >= 4 is 11.8 Å². The number of aryl methyl sites for hydroxylation is 2. The summed E-state index contributed by atoms with van der Waals surface area (Å²) < 4.78 is 5.15. The molecular formula is C16H23NO3. The first-order chi connectivity index (χ1) is 9.19. The molecule has 1 rings (SSSR count). The molecule has 0 unspecified atom stereocenters. The summed E-state index contributed by atoms with van der Waals surface area (Å²) >= 11 is 0. The van der Waals surface area contributed by atoms with Gasteiger partial charge >= 0.3 is 5.97 Å². The van der Waals surface area contributed by atoms with E-state index in [1.54, 1.807) is 6.07 Å². The van der Waals surface area contributed by atoms with E-state index in [2.05, 4.69) is 5.32 Å². The van der Waals surface area contributed by atoms with Gasteiger partial charge in [-0.05, 0) is 51.8 Å². The van der Waals surface area contributed by atoms with Crippen LogP contribution in [0.3, 0.4) is 0 Å². The summed E-state index contributed by atoms with van der Waals surface area (Å²) in [6.45, 7) is 9.57. The summed E-state index contributed by atoms with van der Waals surface area (Å²) in [5.74, 6) is -0.387. The maximum absolute atomic E-state index is 12.0. The van der Waals surface area contributed by atoms with E-state index in [0.29, 0.717) is 5.56 Å². The van der Waals surface area contributed by atoms with Crippen LogP contribution in [-0.2, 0) is 9.53 Å². The second-order valence-electron chi connectivity index (χ2n) is 5.91. The zero-order valence-corrected chi connectivity index (χ0v) is 12.9. The Bertz CT molecular complexity index is 501. The highest BCUT2D eigenvalue weighted by molar-refractivity contribution is 5.98. The maximum Gasteiger partial charge on any atom is 0.320 e. The number of ether oxygens (including phenoxy) is 1. The number of carbonyl (C=O) groups excluding carboxylic acids is 2. The molecule has 0 spiro atoms. The van der Waals surface area contributed by atoms with Crippen molar-refractivity contribution in [3.63, 3.8) is 0 Å². The van der Waals surface area contributed by atoms with Crippen molar-refractivity contribution in [1.29, 1.82) is 0 Å². The van der Waals surface area contributed by atoms with E-state index in [1.165, 1.54) is 0 Å². The first-order valence-corrected chi connectivity index (χ1v) is 6.72. The normalized spacial score (nSPS) is 11.2. The van der Waals surface area contributed by atoms with Crippen LogP contribution in [0.2, 0.25) is 0 Å². The summed E-state index contributed by atoms with van der Waals surface area (Å²) in [6.07, 6.45) is 0. The maximum atomic E-state index is 12.0. The van der Waals surface area contributed by atoms with Crippen LogP contribution in [0.4, 0.5) is 0 Å². The van der Waals surface area contributed by atoms with Crippen molar-refractivity contribution in [2.45, 2.75) is 40.2 Å². The van der Waals surface area contributed by atoms with Crippen molar-refractivity contribution in [3.05, 3.63) is 34.9 Å². The quantitative estimate of drug-likeness (QED) is 0.663. The Hall–Kier alpha value is -1.68. The fourth-order valence-electron chi connectivity index (χ4n) is 1.67. The highest BCUT2D eigenvalue weighted by Gasteiger charge is 2.16. The molecule has 0 heterocycles. The molecule has 0 atom stereocenters. The van der Waals surface area contributed by atoms with Crippen LogP contribution in [0.5, 0.6) is 0 Å². The van der Waals surface area contributed by atoms with Crippen LogP contribution in [0.15, 0.2) is 18.2 Å². The zero-order valence-electron chi connectivity index (χ0n) is 12.9. The van der Waals surface area contributed by atoms with Crippen LogP contribution in [0, 0.1) is 13.8 Å². The van der Waals surface area contributed by atoms with Gasteiger partial charge in [0.1, 0.15) is 5.60 Å². The molecule has 20 heavy (non-hydrogen) atoms. The van der Waals surface area contributed by atoms with Gasteiger partial charge in [0.25, 0.3) is 0 Å². The van der Waals surface area contributed by atoms with E-state index < -0.39 is 5.60 Å². The number of ketones is 1. The molecule has 0 amide bonds. The SMILES string of the molecule is Cc1ccc(C(=O)CNCC(=O)OC(C)(C)C)cc1C. The molecule has 1 N–H and O–H groups in total. The molecule has 0 radical (unpaired) electrons. The van der Waals surface area contributed by atoms with Gasteiger partial charge in [-0.1, -0.05) is 12.1 Å². The second-order valence-corrected chi connectivity index (χ2v) is 5.91. The summed E-state index contributed by atoms with van der Waals surface area (Å²) in [6, 6.07) is 5.60. The second kappa shape index (κ2) is 6.66. The Kier molecular flexibility index (Phi) is 5.45. The lowest BCUT2D eigenvalue weighted by Gasteiger charge is -2.19. The number of hydrogen-bond acceptors (Lipinski definition) is 4. The van der Waals surface area contributed by atoms with Crippen LogP contribution < -0.4 is 5.32 Å². The average molecular weight is 277 g/mol. The summed E-state index contributed by atoms with van der Waals surface area (Å²) in [5, 5.41) is 2.82. The topological polar surface area (TPSA) is 55.4 Å². The molecular weight excluding hydrogens is 254 g/mol. The van der Waals surface area contributed by atoms with Gasteiger partial charge in [-0.2, -0.15) is 0 Å². The lowest BCUT2D eigenvalue weighted by Crippen LogP contribution is -2.34. The highest BCUT2D eigenvalue weighted by Crippen LogP contribution is 2.10. The van der Waals surface area contributed by atoms with E-state index >= 15 is 0 Å². The third-order valence-corrected chi connectivity index (χ3v) is 2.80. The number of Topliss-reactive ketones (excluding diaryl/α,β-unsaturated/α-hetero) is 1. The lowest BCUT2D eigenvalue weighted by molar-refractivity contribution is -0.153. The number of hydrogen-bond donors (Lipinski definition) is 1. The Morgan fingerprint density at radius 2 is 1.75 bits per heavy atom. The number of nitrogens with one attached hydrogen (secondary N) is 1. The monoisotopic (exact) mass is 277 g/mol. The molecule has 1 aromatic rings. The molecule has 0 bridgehead atoms. The van der Waals surface area contributed by atoms with Crippen molar-refractivity contribution < 1.29 is 14.3 Å². The number of rotatable bonds is 5. The molecule has 4 heteroatoms. The molecule has 0 aromatic heterocycles. The molecule has 0 fully saturated rings. The minimum absolute atomic E-state index is 0.0309. The molecule has 0 aliphatic heterocycles. The average Bonchev–Trinajstić information content (AvgIpc) is 2.30. The van der Waals surface area contributed by atoms with E-state index in [1.807, 2.05) is 46.8 Å². The Morgan fingerprint density at radius 1 is 1.10 bits per heavy atom. The first-order valence-electron chi connectivity index (χ1n) is 6.72. The Morgan fingerprint density at radius 3 is 2.30 bits per heavy atom. The van der Waals surface area contributed by atoms with Crippen molar-refractivity contribution in [2.75, 3.05) is 13.1 Å². The highest BCUT2D eigenvalue weighted by atomic mass is 16.6. The molecule has 0 aliphatic rings. The minimum atomic E-state index is -0.503. The fourth-order valence-corrected chi connectivity index (χ4v) is 1.67. The molecule has 4 nitrogen and oxygen atoms in total. The zero-order chi connectivity index (χ0) is 15.3. The molecule has 110 valence electrons. The van der Waals surface area contributed by atoms with Gasteiger partial charge in [0.2, 0.25) is 0 Å². The standard InChI is InChI=1S/C16H23NO3/c1-11-6-7-13(8-12(11)2)14(18)9-17-10-15(19)20-16(3,4)5/h6-8,17H,9-10H2,1-5H3. The predicted molar refractivity (Wildman–Crippen MR) is 79.0 cm³/mol. The molecule has 0 saturated carbocycles. The van der Waals surface area contributed by atoms with Crippen LogP contribution >= 0.6 is 0 Å². The molecule has 0 aliphatic carbocycles. The van der Waals surface area contributed by atoms with Crippen LogP contribution in [0.1, 0.15) is 42.3 Å². The van der Waals surface area contributed by atoms with Gasteiger partial charge in [0.05, 0.1) is 13.1 Å². The number of esters is 1. The largest absolute Gasteiger partial charge is 0.459 e. The van der Waals surface area contributed by atoms with Crippen molar-refractivity contribution in [2.24, 2.45) is 0 Å². The van der Waals surface area contributed by atoms with Gasteiger partial charge in [0.15, 0.2) is 5.78 Å². The van der Waals surface area contributed by atoms with Gasteiger partial charge in [-0.25, -0.2) is 0 Å². The van der Waals surface area contributed by atoms with E-state index in [4.69, 9.17) is 4.74 Å². The Labute approximate surface area is 120 Å². The number of carbonyl (C=O) groups is 2. The van der Waals surface area contributed by atoms with E-state index in [0.717, 1.165) is 11.1 Å². The molecule has 1 aromatic carbocycles. The van der Waals surface area contributed by atoms with Gasteiger partial charge in [0, 0.05) is 5.56 Å². The van der Waals surface area contributed by atoms with Gasteiger partial charge < -0.3 is 4.74 Å². The van der Waals surface area contributed by atoms with Gasteiger partial charge in [-0.15, -0.1) is 0 Å². The van der Waals surface area contributed by atoms with E-state index in [9.17, 15) is 9.59 Å². The summed E-state index contributed by atoms with van der Waals surface area (Å²) in [5.41, 5.74) is 2.40. The van der Waals surface area contributed by atoms with Gasteiger partial charge in [-0.3, -0.25) is 14.9 Å². The fraction of sp³-hybridized carbons (Fsp3) is 0.500. The summed E-state index contributed by atoms with van der Waals surface area (Å²) in [4.78, 5) is 23.4. The van der Waals surface area contributed by atoms with E-state index in [-0.39, 0.29) is 24.8 Å². The molecule has 0 saturated heterocycles. The lowest BCUT2D eigenvalue weighted by atomic mass is 10.0. The minimum Gasteiger partial charge on any atom is -0.459 e. The summed E-state index contributed by atoms with van der Waals surface area (Å²) in [7, 11) is 0. The van der Waals surface area contributed by atoms with Crippen molar-refractivity contribution in [1.82, 2.24) is 5.32 Å². The van der Waals surface area contributed by atoms with Crippen molar-refractivity contribution in [3.8, 4) is 0 Å². The Balaban J connectivity index is 2.44.